The van der Waals surface area contributed by atoms with E-state index in [-0.39, 0.29) is 25.0 Å². The number of carbonyl (C=O) groups excluding carboxylic acids is 2. The van der Waals surface area contributed by atoms with Crippen LogP contribution in [0.5, 0.6) is 0 Å². The molecule has 7 heteroatoms. The number of hydrogen-bond acceptors (Lipinski definition) is 4. The number of hydrogen-bond donors (Lipinski definition) is 2. The fourth-order valence-electron chi connectivity index (χ4n) is 3.32. The highest BCUT2D eigenvalue weighted by Crippen LogP contribution is 2.18. The first kappa shape index (κ1) is 21.5. The fraction of sp³-hybridized carbons (Fsp3) is 0.348. The van der Waals surface area contributed by atoms with Gasteiger partial charge in [-0.3, -0.25) is 9.59 Å². The maximum Gasteiger partial charge on any atom is 0.245 e. The zero-order valence-corrected chi connectivity index (χ0v) is 17.5. The van der Waals surface area contributed by atoms with Crippen LogP contribution in [0, 0.1) is 0 Å². The minimum absolute atomic E-state index is 0.0535. The number of rotatable bonds is 10. The highest BCUT2D eigenvalue weighted by atomic mass is 16.5. The maximum absolute atomic E-state index is 12.7. The molecule has 2 N–H and O–H groups in total. The summed E-state index contributed by atoms with van der Waals surface area (Å²) in [5.41, 5.74) is 3.79. The lowest BCUT2D eigenvalue weighted by atomic mass is 10.1. The van der Waals surface area contributed by atoms with Crippen molar-refractivity contribution in [2.24, 2.45) is 0 Å². The molecule has 0 aliphatic rings. The lowest BCUT2D eigenvalue weighted by molar-refractivity contribution is -0.124. The van der Waals surface area contributed by atoms with Gasteiger partial charge >= 0.3 is 0 Å². The van der Waals surface area contributed by atoms with Crippen LogP contribution >= 0.6 is 0 Å². The van der Waals surface area contributed by atoms with Gasteiger partial charge < -0.3 is 19.9 Å². The first-order chi connectivity index (χ1) is 14.6. The van der Waals surface area contributed by atoms with E-state index in [0.717, 1.165) is 35.4 Å². The van der Waals surface area contributed by atoms with Crippen molar-refractivity contribution in [1.82, 2.24) is 14.9 Å². The Kier molecular flexibility index (Phi) is 7.57. The molecular weight excluding hydrogens is 380 g/mol. The number of methoxy groups -OCH3 is 1. The van der Waals surface area contributed by atoms with Gasteiger partial charge in [0, 0.05) is 25.8 Å². The first-order valence-corrected chi connectivity index (χ1v) is 10.2. The summed E-state index contributed by atoms with van der Waals surface area (Å²) in [6.45, 7) is 2.86. The van der Waals surface area contributed by atoms with Gasteiger partial charge in [-0.1, -0.05) is 31.2 Å². The van der Waals surface area contributed by atoms with Crippen molar-refractivity contribution in [3.05, 3.63) is 59.9 Å². The van der Waals surface area contributed by atoms with Gasteiger partial charge in [0.15, 0.2) is 0 Å². The zero-order valence-electron chi connectivity index (χ0n) is 17.5. The number of fused-ring (bicyclic) bond motifs is 1. The van der Waals surface area contributed by atoms with Crippen LogP contribution in [-0.2, 0) is 33.7 Å². The summed E-state index contributed by atoms with van der Waals surface area (Å²) in [7, 11) is 1.49. The monoisotopic (exact) mass is 408 g/mol. The van der Waals surface area contributed by atoms with Gasteiger partial charge in [0.2, 0.25) is 11.8 Å². The summed E-state index contributed by atoms with van der Waals surface area (Å²) in [5, 5.41) is 5.77. The van der Waals surface area contributed by atoms with Gasteiger partial charge in [-0.15, -0.1) is 0 Å². The van der Waals surface area contributed by atoms with Crippen molar-refractivity contribution in [2.45, 2.75) is 32.7 Å². The standard InChI is InChI=1S/C23H28N4O3/c1-3-17-10-12-18(13-11-17)25-22(28)15-27-20-8-5-4-7-19(20)26-21(27)9-6-14-24-23(29)16-30-2/h4-5,7-8,10-13H,3,6,9,14-16H2,1-2H3,(H,24,29)(H,25,28). The van der Waals surface area contributed by atoms with Gasteiger partial charge in [-0.05, 0) is 42.7 Å². The summed E-state index contributed by atoms with van der Waals surface area (Å²) >= 11 is 0. The predicted octanol–water partition coefficient (Wildman–Crippen LogP) is 2.93. The number of nitrogens with zero attached hydrogens (tertiary/aromatic N) is 2. The second-order valence-electron chi connectivity index (χ2n) is 7.09. The summed E-state index contributed by atoms with van der Waals surface area (Å²) < 4.78 is 6.76. The van der Waals surface area contributed by atoms with Crippen LogP contribution in [-0.4, -0.2) is 41.6 Å². The summed E-state index contributed by atoms with van der Waals surface area (Å²) in [5.74, 6) is 0.588. The Morgan fingerprint density at radius 3 is 2.57 bits per heavy atom. The number of nitrogens with one attached hydrogen (secondary N) is 2. The fourth-order valence-corrected chi connectivity index (χ4v) is 3.32. The van der Waals surface area contributed by atoms with Gasteiger partial charge in [0.05, 0.1) is 11.0 Å². The smallest absolute Gasteiger partial charge is 0.245 e. The Balaban J connectivity index is 1.67. The molecule has 1 heterocycles. The van der Waals surface area contributed by atoms with Crippen molar-refractivity contribution in [1.29, 1.82) is 0 Å². The van der Waals surface area contributed by atoms with Crippen LogP contribution in [0.1, 0.15) is 24.7 Å². The molecule has 30 heavy (non-hydrogen) atoms. The molecule has 0 saturated carbocycles. The molecule has 7 nitrogen and oxygen atoms in total. The SMILES string of the molecule is CCc1ccc(NC(=O)Cn2c(CCCNC(=O)COC)nc3ccccc32)cc1. The average Bonchev–Trinajstić information content (AvgIpc) is 3.09. The second kappa shape index (κ2) is 10.5. The molecule has 1 aromatic heterocycles. The van der Waals surface area contributed by atoms with E-state index in [0.29, 0.717) is 13.0 Å². The summed E-state index contributed by atoms with van der Waals surface area (Å²) in [6, 6.07) is 15.7. The van der Waals surface area contributed by atoms with Crippen molar-refractivity contribution < 1.29 is 14.3 Å². The molecule has 0 fully saturated rings. The number of aryl methyl sites for hydroxylation is 2. The normalized spacial score (nSPS) is 10.9. The molecule has 0 radical (unpaired) electrons. The van der Waals surface area contributed by atoms with Crippen LogP contribution in [0.15, 0.2) is 48.5 Å². The topological polar surface area (TPSA) is 85.2 Å². The number of carbonyl (C=O) groups is 2. The minimum atomic E-state index is -0.139. The first-order valence-electron chi connectivity index (χ1n) is 10.2. The third-order valence-electron chi connectivity index (χ3n) is 4.86. The van der Waals surface area contributed by atoms with Gasteiger partial charge in [-0.2, -0.15) is 0 Å². The molecule has 158 valence electrons. The van der Waals surface area contributed by atoms with E-state index < -0.39 is 0 Å². The number of benzene rings is 2. The van der Waals surface area contributed by atoms with E-state index in [2.05, 4.69) is 17.6 Å². The molecule has 3 aromatic rings. The molecule has 0 aliphatic carbocycles. The summed E-state index contributed by atoms with van der Waals surface area (Å²) in [4.78, 5) is 28.9. The van der Waals surface area contributed by atoms with Gasteiger partial charge in [-0.25, -0.2) is 4.98 Å². The quantitative estimate of drug-likeness (QED) is 0.505. The van der Waals surface area contributed by atoms with Crippen molar-refractivity contribution >= 4 is 28.5 Å². The number of anilines is 1. The Morgan fingerprint density at radius 2 is 1.83 bits per heavy atom. The third-order valence-corrected chi connectivity index (χ3v) is 4.86. The van der Waals surface area contributed by atoms with Crippen LogP contribution < -0.4 is 10.6 Å². The number of para-hydroxylation sites is 2. The van der Waals surface area contributed by atoms with Crippen molar-refractivity contribution in [2.75, 3.05) is 25.6 Å². The molecule has 0 unspecified atom stereocenters. The lowest BCUT2D eigenvalue weighted by Crippen LogP contribution is -2.28. The molecule has 2 amide bonds. The highest BCUT2D eigenvalue weighted by Gasteiger charge is 2.14. The molecule has 2 aromatic carbocycles. The minimum Gasteiger partial charge on any atom is -0.375 e. The predicted molar refractivity (Wildman–Crippen MR) is 117 cm³/mol. The average molecular weight is 409 g/mol. The van der Waals surface area contributed by atoms with Gasteiger partial charge in [0.1, 0.15) is 19.0 Å². The number of aromatic nitrogens is 2. The number of ether oxygens (including phenoxy) is 1. The molecule has 3 rings (SSSR count). The second-order valence-corrected chi connectivity index (χ2v) is 7.09. The Hall–Kier alpha value is -3.19. The molecule has 0 saturated heterocycles. The number of imidazole rings is 1. The molecule has 0 aliphatic heterocycles. The molecular formula is C23H28N4O3. The maximum atomic E-state index is 12.7. The van der Waals surface area contributed by atoms with Crippen LogP contribution in [0.2, 0.25) is 0 Å². The third kappa shape index (κ3) is 5.67. The van der Waals surface area contributed by atoms with E-state index in [1.807, 2.05) is 53.1 Å². The van der Waals surface area contributed by atoms with E-state index in [4.69, 9.17) is 9.72 Å². The van der Waals surface area contributed by atoms with E-state index >= 15 is 0 Å². The summed E-state index contributed by atoms with van der Waals surface area (Å²) in [6.07, 6.45) is 2.34. The van der Waals surface area contributed by atoms with Crippen LogP contribution in [0.4, 0.5) is 5.69 Å². The van der Waals surface area contributed by atoms with Gasteiger partial charge in [0.25, 0.3) is 0 Å². The van der Waals surface area contributed by atoms with Crippen molar-refractivity contribution in [3.8, 4) is 0 Å². The van der Waals surface area contributed by atoms with Crippen LogP contribution in [0.25, 0.3) is 11.0 Å². The van der Waals surface area contributed by atoms with E-state index in [1.54, 1.807) is 0 Å². The number of amides is 2. The van der Waals surface area contributed by atoms with Crippen molar-refractivity contribution in [3.63, 3.8) is 0 Å². The zero-order chi connectivity index (χ0) is 21.3. The molecule has 0 spiro atoms. The Bertz CT molecular complexity index is 995. The molecule has 0 bridgehead atoms. The Morgan fingerprint density at radius 1 is 1.07 bits per heavy atom. The lowest BCUT2D eigenvalue weighted by Gasteiger charge is -2.11. The largest absolute Gasteiger partial charge is 0.375 e. The highest BCUT2D eigenvalue weighted by molar-refractivity contribution is 5.91. The Labute approximate surface area is 176 Å². The molecule has 0 atom stereocenters. The van der Waals surface area contributed by atoms with E-state index in [1.165, 1.54) is 12.7 Å². The van der Waals surface area contributed by atoms with E-state index in [9.17, 15) is 9.59 Å². The van der Waals surface area contributed by atoms with Crippen LogP contribution in [0.3, 0.4) is 0 Å².